The predicted molar refractivity (Wildman–Crippen MR) is 73.5 cm³/mol. The smallest absolute Gasteiger partial charge is 0.337 e. The first-order chi connectivity index (χ1) is 9.29. The van der Waals surface area contributed by atoms with Crippen LogP contribution >= 0.6 is 0 Å². The van der Waals surface area contributed by atoms with Crippen molar-refractivity contribution in [1.82, 2.24) is 5.32 Å². The Morgan fingerprint density at radius 1 is 1.37 bits per heavy atom. The van der Waals surface area contributed by atoms with Gasteiger partial charge in [0.25, 0.3) is 0 Å². The van der Waals surface area contributed by atoms with Gasteiger partial charge in [-0.1, -0.05) is 6.07 Å². The fraction of sp³-hybridized carbons (Fsp3) is 0.533. The van der Waals surface area contributed by atoms with Crippen LogP contribution in [0.25, 0.3) is 0 Å². The summed E-state index contributed by atoms with van der Waals surface area (Å²) in [5, 5.41) is 3.36. The lowest BCUT2D eigenvalue weighted by atomic mass is 9.95. The Morgan fingerprint density at radius 2 is 2.16 bits per heavy atom. The molecule has 1 heterocycles. The number of ether oxygens (including phenoxy) is 2. The third-order valence-electron chi connectivity index (χ3n) is 3.51. The molecular weight excluding hydrogens is 242 g/mol. The van der Waals surface area contributed by atoms with Gasteiger partial charge in [-0.05, 0) is 56.5 Å². The van der Waals surface area contributed by atoms with E-state index in [1.54, 1.807) is 12.1 Å². The van der Waals surface area contributed by atoms with Crippen LogP contribution in [0.3, 0.4) is 0 Å². The van der Waals surface area contributed by atoms with E-state index < -0.39 is 0 Å². The maximum atomic E-state index is 11.4. The highest BCUT2D eigenvalue weighted by Gasteiger charge is 2.13. The number of carbonyl (C=O) groups excluding carboxylic acids is 1. The van der Waals surface area contributed by atoms with Gasteiger partial charge in [0.1, 0.15) is 5.75 Å². The highest BCUT2D eigenvalue weighted by Crippen LogP contribution is 2.18. The topological polar surface area (TPSA) is 47.6 Å². The molecule has 0 aromatic heterocycles. The number of benzene rings is 1. The average molecular weight is 263 g/mol. The van der Waals surface area contributed by atoms with Crippen molar-refractivity contribution in [1.29, 1.82) is 0 Å². The Kier molecular flexibility index (Phi) is 5.21. The second-order valence-electron chi connectivity index (χ2n) is 4.85. The van der Waals surface area contributed by atoms with Crippen LogP contribution in [-0.2, 0) is 4.74 Å². The highest BCUT2D eigenvalue weighted by molar-refractivity contribution is 5.89. The summed E-state index contributed by atoms with van der Waals surface area (Å²) in [4.78, 5) is 11.4. The van der Waals surface area contributed by atoms with Gasteiger partial charge in [0.15, 0.2) is 0 Å². The fourth-order valence-corrected chi connectivity index (χ4v) is 2.34. The fourth-order valence-electron chi connectivity index (χ4n) is 2.34. The van der Waals surface area contributed by atoms with Crippen molar-refractivity contribution >= 4 is 5.97 Å². The zero-order chi connectivity index (χ0) is 13.5. The summed E-state index contributed by atoms with van der Waals surface area (Å²) in [6, 6.07) is 7.14. The number of carbonyl (C=O) groups is 1. The first kappa shape index (κ1) is 13.9. The first-order valence-electron chi connectivity index (χ1n) is 6.81. The summed E-state index contributed by atoms with van der Waals surface area (Å²) in [5.74, 6) is 1.16. The van der Waals surface area contributed by atoms with Crippen molar-refractivity contribution in [2.45, 2.75) is 19.3 Å². The third kappa shape index (κ3) is 4.24. The van der Waals surface area contributed by atoms with Gasteiger partial charge >= 0.3 is 5.97 Å². The average Bonchev–Trinajstić information content (AvgIpc) is 2.48. The molecule has 0 unspecified atom stereocenters. The zero-order valence-corrected chi connectivity index (χ0v) is 11.4. The molecule has 1 aliphatic heterocycles. The van der Waals surface area contributed by atoms with E-state index in [1.807, 2.05) is 12.1 Å². The van der Waals surface area contributed by atoms with Crippen LogP contribution in [0.4, 0.5) is 0 Å². The van der Waals surface area contributed by atoms with Crippen LogP contribution in [0.2, 0.25) is 0 Å². The van der Waals surface area contributed by atoms with Gasteiger partial charge in [0.05, 0.1) is 19.3 Å². The third-order valence-corrected chi connectivity index (χ3v) is 3.51. The molecule has 0 bridgehead atoms. The van der Waals surface area contributed by atoms with Gasteiger partial charge < -0.3 is 14.8 Å². The molecule has 2 rings (SSSR count). The molecule has 1 aliphatic rings. The molecule has 0 radical (unpaired) electrons. The van der Waals surface area contributed by atoms with Gasteiger partial charge in [-0.3, -0.25) is 0 Å². The van der Waals surface area contributed by atoms with Gasteiger partial charge in [0, 0.05) is 0 Å². The van der Waals surface area contributed by atoms with Crippen LogP contribution in [-0.4, -0.2) is 32.8 Å². The number of rotatable bonds is 5. The van der Waals surface area contributed by atoms with Gasteiger partial charge in [-0.2, -0.15) is 0 Å². The molecule has 0 aliphatic carbocycles. The van der Waals surface area contributed by atoms with E-state index >= 15 is 0 Å². The van der Waals surface area contributed by atoms with Crippen LogP contribution in [0, 0.1) is 5.92 Å². The molecule has 19 heavy (non-hydrogen) atoms. The standard InChI is InChI=1S/C15H21NO3/c1-18-15(17)13-3-2-4-14(11-13)19-10-7-12-5-8-16-9-6-12/h2-4,11-12,16H,5-10H2,1H3. The molecule has 0 spiro atoms. The van der Waals surface area contributed by atoms with E-state index in [0.717, 1.165) is 31.2 Å². The summed E-state index contributed by atoms with van der Waals surface area (Å²) < 4.78 is 10.4. The number of piperidine rings is 1. The predicted octanol–water partition coefficient (Wildman–Crippen LogP) is 2.24. The minimum Gasteiger partial charge on any atom is -0.494 e. The molecule has 1 aromatic carbocycles. The Morgan fingerprint density at radius 3 is 2.89 bits per heavy atom. The molecule has 0 amide bonds. The summed E-state index contributed by atoms with van der Waals surface area (Å²) in [6.07, 6.45) is 3.53. The van der Waals surface area contributed by atoms with E-state index in [-0.39, 0.29) is 5.97 Å². The maximum absolute atomic E-state index is 11.4. The molecule has 1 fully saturated rings. The lowest BCUT2D eigenvalue weighted by Gasteiger charge is -2.22. The number of methoxy groups -OCH3 is 1. The van der Waals surface area contributed by atoms with Crippen molar-refractivity contribution in [2.75, 3.05) is 26.8 Å². The van der Waals surface area contributed by atoms with Crippen molar-refractivity contribution in [2.24, 2.45) is 5.92 Å². The minimum atomic E-state index is -0.330. The molecule has 4 heteroatoms. The Labute approximate surface area is 114 Å². The lowest BCUT2D eigenvalue weighted by Crippen LogP contribution is -2.28. The monoisotopic (exact) mass is 263 g/mol. The second kappa shape index (κ2) is 7.14. The lowest BCUT2D eigenvalue weighted by molar-refractivity contribution is 0.0600. The molecule has 4 nitrogen and oxygen atoms in total. The number of esters is 1. The highest BCUT2D eigenvalue weighted by atomic mass is 16.5. The Balaban J connectivity index is 1.80. The van der Waals surface area contributed by atoms with Crippen LogP contribution < -0.4 is 10.1 Å². The summed E-state index contributed by atoms with van der Waals surface area (Å²) >= 11 is 0. The van der Waals surface area contributed by atoms with E-state index in [9.17, 15) is 4.79 Å². The summed E-state index contributed by atoms with van der Waals surface area (Å²) in [5.41, 5.74) is 0.530. The van der Waals surface area contributed by atoms with Crippen LogP contribution in [0.5, 0.6) is 5.75 Å². The molecule has 1 saturated heterocycles. The van der Waals surface area contributed by atoms with E-state index in [2.05, 4.69) is 10.1 Å². The van der Waals surface area contributed by atoms with Gasteiger partial charge in [-0.15, -0.1) is 0 Å². The van der Waals surface area contributed by atoms with Gasteiger partial charge in [-0.25, -0.2) is 4.79 Å². The first-order valence-corrected chi connectivity index (χ1v) is 6.81. The van der Waals surface area contributed by atoms with E-state index in [4.69, 9.17) is 4.74 Å². The normalized spacial score (nSPS) is 16.1. The Bertz CT molecular complexity index is 414. The van der Waals surface area contributed by atoms with Crippen LogP contribution in [0.1, 0.15) is 29.6 Å². The second-order valence-corrected chi connectivity index (χ2v) is 4.85. The Hall–Kier alpha value is -1.55. The number of hydrogen-bond donors (Lipinski definition) is 1. The molecule has 0 atom stereocenters. The van der Waals surface area contributed by atoms with Crippen molar-refractivity contribution in [3.63, 3.8) is 0 Å². The molecule has 104 valence electrons. The van der Waals surface area contributed by atoms with E-state index in [0.29, 0.717) is 12.2 Å². The molecule has 0 saturated carbocycles. The van der Waals surface area contributed by atoms with Gasteiger partial charge in [0.2, 0.25) is 0 Å². The molecule has 1 N–H and O–H groups in total. The summed E-state index contributed by atoms with van der Waals surface area (Å²) in [7, 11) is 1.38. The quantitative estimate of drug-likeness (QED) is 0.828. The summed E-state index contributed by atoms with van der Waals surface area (Å²) in [6.45, 7) is 2.93. The minimum absolute atomic E-state index is 0.330. The van der Waals surface area contributed by atoms with Crippen molar-refractivity contribution in [3.8, 4) is 5.75 Å². The zero-order valence-electron chi connectivity index (χ0n) is 11.4. The maximum Gasteiger partial charge on any atom is 0.337 e. The largest absolute Gasteiger partial charge is 0.494 e. The number of nitrogens with one attached hydrogen (secondary N) is 1. The number of hydrogen-bond acceptors (Lipinski definition) is 4. The molecular formula is C15H21NO3. The van der Waals surface area contributed by atoms with Crippen molar-refractivity contribution < 1.29 is 14.3 Å². The van der Waals surface area contributed by atoms with Crippen LogP contribution in [0.15, 0.2) is 24.3 Å². The van der Waals surface area contributed by atoms with E-state index in [1.165, 1.54) is 20.0 Å². The van der Waals surface area contributed by atoms with Crippen molar-refractivity contribution in [3.05, 3.63) is 29.8 Å². The SMILES string of the molecule is COC(=O)c1cccc(OCCC2CCNCC2)c1. The molecule has 1 aromatic rings.